The number of aromatic hydroxyl groups is 1. The lowest BCUT2D eigenvalue weighted by Gasteiger charge is -2.06. The number of methoxy groups -OCH3 is 1. The second-order valence-electron chi connectivity index (χ2n) is 3.36. The van der Waals surface area contributed by atoms with E-state index in [1.165, 1.54) is 0 Å². The highest BCUT2D eigenvalue weighted by Crippen LogP contribution is 2.32. The van der Waals surface area contributed by atoms with E-state index < -0.39 is 0 Å². The Kier molecular flexibility index (Phi) is 2.78. The summed E-state index contributed by atoms with van der Waals surface area (Å²) in [5.41, 5.74) is 7.21. The van der Waals surface area contributed by atoms with Gasteiger partial charge in [-0.15, -0.1) is 0 Å². The number of rotatable bonds is 3. The normalized spacial score (nSPS) is 10.6. The van der Waals surface area contributed by atoms with Crippen LogP contribution >= 0.6 is 0 Å². The lowest BCUT2D eigenvalue weighted by atomic mass is 10.1. The van der Waals surface area contributed by atoms with E-state index in [0.29, 0.717) is 23.4 Å². The SMILES string of the molecule is COCc1cccc(-c2cc(N)on2)c1O. The van der Waals surface area contributed by atoms with Crippen LogP contribution in [0.5, 0.6) is 5.75 Å². The maximum absolute atomic E-state index is 9.98. The van der Waals surface area contributed by atoms with Crippen molar-refractivity contribution in [3.63, 3.8) is 0 Å². The standard InChI is InChI=1S/C11H12N2O3/c1-15-6-7-3-2-4-8(11(7)14)9-5-10(12)16-13-9/h2-5,14H,6,12H2,1H3. The van der Waals surface area contributed by atoms with Crippen molar-refractivity contribution in [2.75, 3.05) is 12.8 Å². The third kappa shape index (κ3) is 1.85. The summed E-state index contributed by atoms with van der Waals surface area (Å²) in [4.78, 5) is 0. The minimum Gasteiger partial charge on any atom is -0.507 e. The molecule has 0 radical (unpaired) electrons. The number of aromatic nitrogens is 1. The molecule has 0 saturated heterocycles. The lowest BCUT2D eigenvalue weighted by molar-refractivity contribution is 0.182. The number of ether oxygens (including phenoxy) is 1. The van der Waals surface area contributed by atoms with Crippen LogP contribution in [0.25, 0.3) is 11.3 Å². The molecule has 84 valence electrons. The molecule has 0 aliphatic rings. The van der Waals surface area contributed by atoms with Gasteiger partial charge < -0.3 is 20.1 Å². The fourth-order valence-electron chi connectivity index (χ4n) is 1.49. The summed E-state index contributed by atoms with van der Waals surface area (Å²) in [5.74, 6) is 0.351. The summed E-state index contributed by atoms with van der Waals surface area (Å²) in [6.07, 6.45) is 0. The van der Waals surface area contributed by atoms with Crippen molar-refractivity contribution in [2.45, 2.75) is 6.61 Å². The van der Waals surface area contributed by atoms with Gasteiger partial charge in [0.2, 0.25) is 5.88 Å². The van der Waals surface area contributed by atoms with E-state index in [0.717, 1.165) is 0 Å². The molecule has 5 heteroatoms. The van der Waals surface area contributed by atoms with Crippen molar-refractivity contribution in [1.82, 2.24) is 5.16 Å². The number of nitrogens with two attached hydrogens (primary N) is 1. The highest BCUT2D eigenvalue weighted by atomic mass is 16.5. The van der Waals surface area contributed by atoms with Gasteiger partial charge in [-0.05, 0) is 6.07 Å². The number of phenols is 1. The van der Waals surface area contributed by atoms with Crippen molar-refractivity contribution in [3.05, 3.63) is 29.8 Å². The molecule has 0 aliphatic heterocycles. The van der Waals surface area contributed by atoms with Crippen LogP contribution in [0.15, 0.2) is 28.8 Å². The molecule has 0 atom stereocenters. The molecule has 0 fully saturated rings. The van der Waals surface area contributed by atoms with Crippen LogP contribution in [0.2, 0.25) is 0 Å². The minimum absolute atomic E-state index is 0.137. The topological polar surface area (TPSA) is 81.5 Å². The van der Waals surface area contributed by atoms with Crippen LogP contribution in [-0.4, -0.2) is 17.4 Å². The average Bonchev–Trinajstić information content (AvgIpc) is 2.68. The van der Waals surface area contributed by atoms with Crippen LogP contribution in [0.4, 0.5) is 5.88 Å². The molecule has 1 aromatic carbocycles. The number of nitrogens with zero attached hydrogens (tertiary/aromatic N) is 1. The molecule has 1 aromatic heterocycles. The Morgan fingerprint density at radius 1 is 1.50 bits per heavy atom. The predicted octanol–water partition coefficient (Wildman–Crippen LogP) is 1.78. The molecule has 0 bridgehead atoms. The first-order valence-electron chi connectivity index (χ1n) is 4.74. The molecule has 0 unspecified atom stereocenters. The number of para-hydroxylation sites is 1. The average molecular weight is 220 g/mol. The summed E-state index contributed by atoms with van der Waals surface area (Å²) >= 11 is 0. The quantitative estimate of drug-likeness (QED) is 0.823. The number of hydrogen-bond acceptors (Lipinski definition) is 5. The van der Waals surface area contributed by atoms with E-state index in [9.17, 15) is 5.11 Å². The van der Waals surface area contributed by atoms with Gasteiger partial charge in [-0.2, -0.15) is 0 Å². The zero-order chi connectivity index (χ0) is 11.5. The van der Waals surface area contributed by atoms with Gasteiger partial charge in [-0.3, -0.25) is 0 Å². The van der Waals surface area contributed by atoms with E-state index in [2.05, 4.69) is 5.16 Å². The van der Waals surface area contributed by atoms with Crippen LogP contribution in [-0.2, 0) is 11.3 Å². The minimum atomic E-state index is 0.137. The number of benzene rings is 1. The van der Waals surface area contributed by atoms with Crippen LogP contribution in [0, 0.1) is 0 Å². The third-order valence-corrected chi connectivity index (χ3v) is 2.22. The van der Waals surface area contributed by atoms with Gasteiger partial charge >= 0.3 is 0 Å². The second-order valence-corrected chi connectivity index (χ2v) is 3.36. The molecule has 1 heterocycles. The smallest absolute Gasteiger partial charge is 0.222 e. The van der Waals surface area contributed by atoms with Gasteiger partial charge in [0, 0.05) is 24.3 Å². The van der Waals surface area contributed by atoms with Crippen molar-refractivity contribution in [1.29, 1.82) is 0 Å². The summed E-state index contributed by atoms with van der Waals surface area (Å²) in [7, 11) is 1.57. The molecule has 0 saturated carbocycles. The van der Waals surface area contributed by atoms with E-state index in [1.54, 1.807) is 25.3 Å². The van der Waals surface area contributed by atoms with E-state index >= 15 is 0 Å². The van der Waals surface area contributed by atoms with Gasteiger partial charge in [-0.25, -0.2) is 0 Å². The monoisotopic (exact) mass is 220 g/mol. The molecular weight excluding hydrogens is 208 g/mol. The molecule has 3 N–H and O–H groups in total. The Labute approximate surface area is 92.4 Å². The van der Waals surface area contributed by atoms with Crippen LogP contribution in [0.3, 0.4) is 0 Å². The molecular formula is C11H12N2O3. The second kappa shape index (κ2) is 4.24. The first-order chi connectivity index (χ1) is 7.72. The maximum atomic E-state index is 9.98. The predicted molar refractivity (Wildman–Crippen MR) is 58.7 cm³/mol. The summed E-state index contributed by atoms with van der Waals surface area (Å²) < 4.78 is 9.74. The largest absolute Gasteiger partial charge is 0.507 e. The van der Waals surface area contributed by atoms with Crippen molar-refractivity contribution in [2.24, 2.45) is 0 Å². The van der Waals surface area contributed by atoms with Crippen LogP contribution in [0.1, 0.15) is 5.56 Å². The Morgan fingerprint density at radius 2 is 2.31 bits per heavy atom. The van der Waals surface area contributed by atoms with Gasteiger partial charge in [0.05, 0.1) is 6.61 Å². The molecule has 0 spiro atoms. The first-order valence-corrected chi connectivity index (χ1v) is 4.74. The van der Waals surface area contributed by atoms with Crippen LogP contribution < -0.4 is 5.73 Å². The fourth-order valence-corrected chi connectivity index (χ4v) is 1.49. The zero-order valence-corrected chi connectivity index (χ0v) is 8.80. The van der Waals surface area contributed by atoms with Gasteiger partial charge in [-0.1, -0.05) is 17.3 Å². The van der Waals surface area contributed by atoms with E-state index in [4.69, 9.17) is 15.0 Å². The zero-order valence-electron chi connectivity index (χ0n) is 8.80. The lowest BCUT2D eigenvalue weighted by Crippen LogP contribution is -1.90. The number of nitrogen functional groups attached to an aromatic ring is 1. The van der Waals surface area contributed by atoms with E-state index in [-0.39, 0.29) is 11.6 Å². The molecule has 16 heavy (non-hydrogen) atoms. The maximum Gasteiger partial charge on any atom is 0.222 e. The molecule has 2 rings (SSSR count). The Morgan fingerprint density at radius 3 is 2.94 bits per heavy atom. The van der Waals surface area contributed by atoms with Gasteiger partial charge in [0.15, 0.2) is 0 Å². The Balaban J connectivity index is 2.45. The fraction of sp³-hybridized carbons (Fsp3) is 0.182. The van der Waals surface area contributed by atoms with Gasteiger partial charge in [0.1, 0.15) is 11.4 Å². The molecule has 0 aliphatic carbocycles. The molecule has 2 aromatic rings. The number of anilines is 1. The van der Waals surface area contributed by atoms with E-state index in [1.807, 2.05) is 6.07 Å². The molecule has 5 nitrogen and oxygen atoms in total. The summed E-state index contributed by atoms with van der Waals surface area (Å²) in [6, 6.07) is 6.90. The number of hydrogen-bond donors (Lipinski definition) is 2. The van der Waals surface area contributed by atoms with Crippen molar-refractivity contribution in [3.8, 4) is 17.0 Å². The first kappa shape index (κ1) is 10.5. The highest BCUT2D eigenvalue weighted by Gasteiger charge is 2.12. The third-order valence-electron chi connectivity index (χ3n) is 2.22. The van der Waals surface area contributed by atoms with Crippen molar-refractivity contribution >= 4 is 5.88 Å². The van der Waals surface area contributed by atoms with Gasteiger partial charge in [0.25, 0.3) is 0 Å². The highest BCUT2D eigenvalue weighted by molar-refractivity contribution is 5.69. The summed E-state index contributed by atoms with van der Waals surface area (Å²) in [6.45, 7) is 0.340. The Bertz CT molecular complexity index is 494. The Hall–Kier alpha value is -2.01. The number of phenolic OH excluding ortho intramolecular Hbond substituents is 1. The summed E-state index contributed by atoms with van der Waals surface area (Å²) in [5, 5.41) is 13.7. The van der Waals surface area contributed by atoms with Crippen molar-refractivity contribution < 1.29 is 14.4 Å². The molecule has 0 amide bonds.